The van der Waals surface area contributed by atoms with Crippen LogP contribution in [0.15, 0.2) is 225 Å². The number of hydrogen-bond acceptors (Lipinski definition) is 12. The molecule has 92 heavy (non-hydrogen) atoms. The minimum Gasteiger partial charge on any atom is -0.368 e. The van der Waals surface area contributed by atoms with Gasteiger partial charge in [-0.25, -0.2) is 9.97 Å². The number of imidazole rings is 2. The SMILES string of the molecule is N#Cc1ccc(Cn2cncc2CN(C(=O)c2ccccc2)c2ccc(N3CCN(C(=O)Cc4cccs4)CC3)cc2)cc1.N#Cc1ccc(Cn2cncc2CN(C(=O)c2ccccc2)c2ccc(N3CCN(C(=O)c4sc5ccccc5c4Cl)CC3)cc2)cc1. The molecule has 0 saturated carbocycles. The van der Waals surface area contributed by atoms with Crippen molar-refractivity contribution in [3.63, 3.8) is 0 Å². The highest BCUT2D eigenvalue weighted by Crippen LogP contribution is 2.37. The molecule has 7 aromatic carbocycles. The lowest BCUT2D eigenvalue weighted by Gasteiger charge is -2.36. The van der Waals surface area contributed by atoms with Crippen molar-refractivity contribution >= 4 is 90.7 Å². The van der Waals surface area contributed by atoms with Crippen LogP contribution < -0.4 is 19.6 Å². The van der Waals surface area contributed by atoms with E-state index in [-0.39, 0.29) is 23.6 Å². The molecule has 2 aliphatic rings. The van der Waals surface area contributed by atoms with Crippen molar-refractivity contribution in [2.45, 2.75) is 32.6 Å². The minimum absolute atomic E-state index is 0.0234. The van der Waals surface area contributed by atoms with Gasteiger partial charge in [0, 0.05) is 127 Å². The van der Waals surface area contributed by atoms with Crippen LogP contribution in [0, 0.1) is 22.7 Å². The normalized spacial score (nSPS) is 13.0. The molecule has 4 amide bonds. The summed E-state index contributed by atoms with van der Waals surface area (Å²) in [5.74, 6) is -0.0514. The average Bonchev–Trinajstić information content (AvgIpc) is 1.83. The number of rotatable bonds is 17. The van der Waals surface area contributed by atoms with Gasteiger partial charge in [-0.3, -0.25) is 19.2 Å². The number of hydrogen-bond donors (Lipinski definition) is 0. The van der Waals surface area contributed by atoms with Gasteiger partial charge in [-0.1, -0.05) is 96.5 Å². The second kappa shape index (κ2) is 28.9. The Morgan fingerprint density at radius 1 is 0.511 bits per heavy atom. The van der Waals surface area contributed by atoms with Gasteiger partial charge >= 0.3 is 0 Å². The fourth-order valence-corrected chi connectivity index (χ4v) is 13.6. The molecule has 2 saturated heterocycles. The van der Waals surface area contributed by atoms with Crippen molar-refractivity contribution in [3.8, 4) is 12.1 Å². The highest BCUT2D eigenvalue weighted by molar-refractivity contribution is 7.21. The third kappa shape index (κ3) is 14.5. The van der Waals surface area contributed by atoms with Gasteiger partial charge in [-0.2, -0.15) is 10.5 Å². The Balaban J connectivity index is 0.000000178. The molecule has 19 heteroatoms. The Morgan fingerprint density at radius 3 is 1.41 bits per heavy atom. The first kappa shape index (κ1) is 61.6. The number of halogens is 1. The first-order valence-electron chi connectivity index (χ1n) is 30.2. The summed E-state index contributed by atoms with van der Waals surface area (Å²) in [7, 11) is 0. The monoisotopic (exact) mass is 1270 g/mol. The van der Waals surface area contributed by atoms with Gasteiger partial charge in [0.15, 0.2) is 0 Å². The lowest BCUT2D eigenvalue weighted by molar-refractivity contribution is -0.130. The van der Waals surface area contributed by atoms with E-state index in [4.69, 9.17) is 22.1 Å². The van der Waals surface area contributed by atoms with E-state index in [1.807, 2.05) is 194 Å². The number of thiophene rings is 2. The van der Waals surface area contributed by atoms with Crippen LogP contribution in [0.25, 0.3) is 10.1 Å². The Hall–Kier alpha value is -10.6. The molecule has 13 rings (SSSR count). The molecule has 0 spiro atoms. The predicted molar refractivity (Wildman–Crippen MR) is 364 cm³/mol. The van der Waals surface area contributed by atoms with E-state index in [9.17, 15) is 19.2 Å². The summed E-state index contributed by atoms with van der Waals surface area (Å²) in [6.45, 7) is 7.27. The van der Waals surface area contributed by atoms with E-state index in [1.165, 1.54) is 11.3 Å². The molecule has 0 unspecified atom stereocenters. The molecule has 458 valence electrons. The highest BCUT2D eigenvalue weighted by atomic mass is 35.5. The lowest BCUT2D eigenvalue weighted by Crippen LogP contribution is -2.49. The van der Waals surface area contributed by atoms with E-state index in [0.717, 1.165) is 73.3 Å². The topological polar surface area (TPSA) is 171 Å². The maximum atomic E-state index is 13.9. The smallest absolute Gasteiger partial charge is 0.265 e. The number of nitrogens with zero attached hydrogens (tertiary/aromatic N) is 12. The van der Waals surface area contributed by atoms with Gasteiger partial charge in [0.2, 0.25) is 5.91 Å². The number of fused-ring (bicyclic) bond motifs is 1. The second-order valence-electron chi connectivity index (χ2n) is 22.3. The van der Waals surface area contributed by atoms with E-state index < -0.39 is 0 Å². The Bertz CT molecular complexity index is 4410. The summed E-state index contributed by atoms with van der Waals surface area (Å²) in [4.78, 5) is 76.3. The molecule has 2 aliphatic heterocycles. The molecule has 6 heterocycles. The zero-order valence-electron chi connectivity index (χ0n) is 50.2. The summed E-state index contributed by atoms with van der Waals surface area (Å²) in [5, 5.41) is 21.7. The Morgan fingerprint density at radius 2 is 0.967 bits per heavy atom. The van der Waals surface area contributed by atoms with E-state index in [2.05, 4.69) is 44.0 Å². The van der Waals surface area contributed by atoms with Crippen molar-refractivity contribution < 1.29 is 19.2 Å². The number of piperazine rings is 2. The van der Waals surface area contributed by atoms with Crippen LogP contribution in [0.5, 0.6) is 0 Å². The largest absolute Gasteiger partial charge is 0.368 e. The molecule has 16 nitrogen and oxygen atoms in total. The van der Waals surface area contributed by atoms with Crippen molar-refractivity contribution in [3.05, 3.63) is 284 Å². The summed E-state index contributed by atoms with van der Waals surface area (Å²) in [6, 6.07) is 65.8. The van der Waals surface area contributed by atoms with Gasteiger partial charge in [0.05, 0.1) is 71.8 Å². The van der Waals surface area contributed by atoms with E-state index in [1.54, 1.807) is 58.3 Å². The molecule has 11 aromatic rings. The maximum Gasteiger partial charge on any atom is 0.265 e. The van der Waals surface area contributed by atoms with Crippen LogP contribution in [0.2, 0.25) is 5.02 Å². The maximum absolute atomic E-state index is 13.9. The highest BCUT2D eigenvalue weighted by Gasteiger charge is 2.28. The lowest BCUT2D eigenvalue weighted by atomic mass is 10.1. The van der Waals surface area contributed by atoms with Crippen molar-refractivity contribution in [1.82, 2.24) is 28.9 Å². The van der Waals surface area contributed by atoms with Crippen LogP contribution >= 0.6 is 34.3 Å². The van der Waals surface area contributed by atoms with Crippen LogP contribution in [0.3, 0.4) is 0 Å². The molecular formula is C73H63ClN12O4S2. The summed E-state index contributed by atoms with van der Waals surface area (Å²) in [6.07, 6.45) is 7.58. The van der Waals surface area contributed by atoms with Crippen LogP contribution in [-0.2, 0) is 37.4 Å². The standard InChI is InChI=1S/C38H31ClN6O2S.C35H32N6O2S/c39-35-33-8-4-5-9-34(33)48-36(35)38(47)43-20-18-42(19-21-43)30-14-16-31(17-15-30)45(37(46)29-6-2-1-3-7-29)25-32-23-41-26-44(32)24-28-12-10-27(22-40)11-13-28;36-22-27-8-10-28(11-9-27)24-40-26-37-23-32(40)25-41(35(43)29-5-2-1-3-6-29)31-14-12-30(13-15-31)38-16-18-39(19-17-38)34(42)21-33-7-4-20-44-33/h1-17,23,26H,18-21,24-25H2;1-15,20,23,26H,16-19,21,24-25H2. The fraction of sp³-hybridized carbons (Fsp3) is 0.178. The first-order chi connectivity index (χ1) is 45.0. The third-order valence-electron chi connectivity index (χ3n) is 16.5. The van der Waals surface area contributed by atoms with E-state index >= 15 is 0 Å². The number of carbonyl (C=O) groups is 4. The van der Waals surface area contributed by atoms with Crippen molar-refractivity contribution in [2.24, 2.45) is 0 Å². The zero-order chi connectivity index (χ0) is 63.3. The average molecular weight is 1270 g/mol. The Labute approximate surface area is 546 Å². The van der Waals surface area contributed by atoms with Gasteiger partial charge < -0.3 is 38.5 Å². The summed E-state index contributed by atoms with van der Waals surface area (Å²) < 4.78 is 5.06. The molecule has 0 N–H and O–H groups in total. The fourth-order valence-electron chi connectivity index (χ4n) is 11.4. The van der Waals surface area contributed by atoms with Gasteiger partial charge in [-0.15, -0.1) is 22.7 Å². The van der Waals surface area contributed by atoms with Gasteiger partial charge in [-0.05, 0) is 126 Å². The quantitative estimate of drug-likeness (QED) is 0.0854. The number of carbonyl (C=O) groups excluding carboxylic acids is 4. The number of benzene rings is 7. The summed E-state index contributed by atoms with van der Waals surface area (Å²) in [5.41, 5.74) is 9.95. The predicted octanol–water partition coefficient (Wildman–Crippen LogP) is 13.1. The third-order valence-corrected chi connectivity index (χ3v) is 19.1. The number of amides is 4. The molecule has 0 aliphatic carbocycles. The molecule has 0 radical (unpaired) electrons. The molecular weight excluding hydrogens is 1210 g/mol. The molecule has 0 bridgehead atoms. The van der Waals surface area contributed by atoms with Gasteiger partial charge in [0.25, 0.3) is 17.7 Å². The molecule has 2 fully saturated rings. The molecule has 4 aromatic heterocycles. The van der Waals surface area contributed by atoms with Crippen molar-refractivity contribution in [2.75, 3.05) is 72.0 Å². The number of nitriles is 2. The van der Waals surface area contributed by atoms with Crippen LogP contribution in [-0.4, -0.2) is 105 Å². The first-order valence-corrected chi connectivity index (χ1v) is 32.3. The molecule has 0 atom stereocenters. The van der Waals surface area contributed by atoms with Crippen LogP contribution in [0.4, 0.5) is 22.7 Å². The number of anilines is 4. The Kier molecular flexibility index (Phi) is 19.3. The minimum atomic E-state index is -0.110. The number of aromatic nitrogens is 4. The summed E-state index contributed by atoms with van der Waals surface area (Å²) >= 11 is 9.67. The second-order valence-corrected chi connectivity index (χ2v) is 24.8. The van der Waals surface area contributed by atoms with Gasteiger partial charge in [0.1, 0.15) is 4.88 Å². The van der Waals surface area contributed by atoms with Crippen LogP contribution in [0.1, 0.15) is 68.9 Å². The zero-order valence-corrected chi connectivity index (χ0v) is 52.6. The van der Waals surface area contributed by atoms with E-state index in [0.29, 0.717) is 104 Å². The van der Waals surface area contributed by atoms with Crippen molar-refractivity contribution in [1.29, 1.82) is 10.5 Å².